The summed E-state index contributed by atoms with van der Waals surface area (Å²) in [7, 11) is 0. The van der Waals surface area contributed by atoms with E-state index in [9.17, 15) is 0 Å². The van der Waals surface area contributed by atoms with Crippen molar-refractivity contribution < 1.29 is 0 Å². The van der Waals surface area contributed by atoms with Crippen molar-refractivity contribution in [2.24, 2.45) is 0 Å². The van der Waals surface area contributed by atoms with Crippen LogP contribution >= 0.6 is 11.8 Å². The Morgan fingerprint density at radius 1 is 1.44 bits per heavy atom. The minimum absolute atomic E-state index is 0.942. The first-order valence-corrected chi connectivity index (χ1v) is 7.32. The Morgan fingerprint density at radius 3 is 3.06 bits per heavy atom. The zero-order chi connectivity index (χ0) is 11.6. The molecule has 0 aliphatic rings. The van der Waals surface area contributed by atoms with Crippen molar-refractivity contribution in [2.45, 2.75) is 39.8 Å². The summed E-state index contributed by atoms with van der Waals surface area (Å²) in [6.45, 7) is 7.45. The van der Waals surface area contributed by atoms with Crippen molar-refractivity contribution in [3.63, 3.8) is 0 Å². The second-order valence-corrected chi connectivity index (χ2v) is 5.23. The highest BCUT2D eigenvalue weighted by Crippen LogP contribution is 2.03. The highest BCUT2D eigenvalue weighted by atomic mass is 32.2. The number of nitrogens with one attached hydrogen (secondary N) is 1. The molecule has 1 rings (SSSR count). The van der Waals surface area contributed by atoms with Crippen LogP contribution in [0.5, 0.6) is 0 Å². The summed E-state index contributed by atoms with van der Waals surface area (Å²) in [5.41, 5.74) is 1.29. The van der Waals surface area contributed by atoms with Crippen LogP contribution in [-0.4, -0.2) is 27.8 Å². The van der Waals surface area contributed by atoms with Crippen molar-refractivity contribution in [2.75, 3.05) is 18.1 Å². The van der Waals surface area contributed by atoms with E-state index in [0.29, 0.717) is 0 Å². The second-order valence-electron chi connectivity index (χ2n) is 3.84. The predicted octanol–water partition coefficient (Wildman–Crippen LogP) is 2.53. The second kappa shape index (κ2) is 8.65. The number of hydrogen-bond donors (Lipinski definition) is 1. The van der Waals surface area contributed by atoms with Crippen molar-refractivity contribution in [1.82, 2.24) is 15.1 Å². The lowest BCUT2D eigenvalue weighted by molar-refractivity contribution is 0.604. The summed E-state index contributed by atoms with van der Waals surface area (Å²) in [6, 6.07) is 0. The number of thioether (sulfide) groups is 1. The Morgan fingerprint density at radius 2 is 2.31 bits per heavy atom. The van der Waals surface area contributed by atoms with Crippen LogP contribution in [0, 0.1) is 0 Å². The lowest BCUT2D eigenvalue weighted by Crippen LogP contribution is -2.13. The van der Waals surface area contributed by atoms with E-state index in [4.69, 9.17) is 0 Å². The van der Waals surface area contributed by atoms with Gasteiger partial charge < -0.3 is 5.32 Å². The SMILES string of the molecule is CCCNCc1cnn(CCCSCC)c1. The molecule has 0 bridgehead atoms. The molecule has 0 aliphatic heterocycles. The molecular weight excluding hydrogens is 218 g/mol. The number of rotatable bonds is 9. The highest BCUT2D eigenvalue weighted by molar-refractivity contribution is 7.99. The van der Waals surface area contributed by atoms with Crippen LogP contribution in [0.2, 0.25) is 0 Å². The number of aryl methyl sites for hydroxylation is 1. The minimum atomic E-state index is 0.942. The molecule has 0 atom stereocenters. The molecule has 1 heterocycles. The first-order valence-electron chi connectivity index (χ1n) is 6.16. The van der Waals surface area contributed by atoms with Crippen LogP contribution in [0.25, 0.3) is 0 Å². The molecule has 0 aromatic carbocycles. The van der Waals surface area contributed by atoms with Gasteiger partial charge in [-0.1, -0.05) is 13.8 Å². The Hall–Kier alpha value is -0.480. The third-order valence-corrected chi connectivity index (χ3v) is 3.31. The first kappa shape index (κ1) is 13.6. The topological polar surface area (TPSA) is 29.9 Å². The molecule has 1 aromatic heterocycles. The largest absolute Gasteiger partial charge is 0.313 e. The third kappa shape index (κ3) is 5.56. The van der Waals surface area contributed by atoms with Crippen LogP contribution in [-0.2, 0) is 13.1 Å². The molecule has 0 radical (unpaired) electrons. The van der Waals surface area contributed by atoms with Crippen LogP contribution in [0.4, 0.5) is 0 Å². The standard InChI is InChI=1S/C12H23N3S/c1-3-6-13-9-12-10-14-15(11-12)7-5-8-16-4-2/h10-11,13H,3-9H2,1-2H3. The molecule has 0 saturated heterocycles. The van der Waals surface area contributed by atoms with Crippen LogP contribution in [0.15, 0.2) is 12.4 Å². The zero-order valence-corrected chi connectivity index (χ0v) is 11.2. The molecule has 16 heavy (non-hydrogen) atoms. The molecule has 0 spiro atoms. The Bertz CT molecular complexity index is 273. The summed E-state index contributed by atoms with van der Waals surface area (Å²) in [4.78, 5) is 0. The van der Waals surface area contributed by atoms with Gasteiger partial charge in [0, 0.05) is 24.8 Å². The van der Waals surface area contributed by atoms with Crippen molar-refractivity contribution in [3.05, 3.63) is 18.0 Å². The summed E-state index contributed by atoms with van der Waals surface area (Å²) < 4.78 is 2.05. The molecule has 0 aliphatic carbocycles. The van der Waals surface area contributed by atoms with Gasteiger partial charge in [0.2, 0.25) is 0 Å². The van der Waals surface area contributed by atoms with Crippen molar-refractivity contribution >= 4 is 11.8 Å². The van der Waals surface area contributed by atoms with Gasteiger partial charge in [-0.2, -0.15) is 16.9 Å². The molecule has 0 saturated carbocycles. The lowest BCUT2D eigenvalue weighted by atomic mass is 10.3. The summed E-state index contributed by atoms with van der Waals surface area (Å²) in [5.74, 6) is 2.45. The van der Waals surface area contributed by atoms with Gasteiger partial charge in [0.15, 0.2) is 0 Å². The highest BCUT2D eigenvalue weighted by Gasteiger charge is 1.97. The molecule has 0 amide bonds. The molecule has 0 fully saturated rings. The van der Waals surface area contributed by atoms with Gasteiger partial charge in [0.25, 0.3) is 0 Å². The molecule has 4 heteroatoms. The molecule has 92 valence electrons. The van der Waals surface area contributed by atoms with Gasteiger partial charge >= 0.3 is 0 Å². The average Bonchev–Trinajstić information content (AvgIpc) is 2.73. The van der Waals surface area contributed by atoms with Gasteiger partial charge in [0.1, 0.15) is 0 Å². The molecular formula is C12H23N3S. The van der Waals surface area contributed by atoms with Gasteiger partial charge in [-0.25, -0.2) is 0 Å². The van der Waals surface area contributed by atoms with Crippen molar-refractivity contribution in [1.29, 1.82) is 0 Å². The van der Waals surface area contributed by atoms with E-state index in [0.717, 1.165) is 19.6 Å². The fourth-order valence-electron chi connectivity index (χ4n) is 1.50. The smallest absolute Gasteiger partial charge is 0.0534 e. The maximum absolute atomic E-state index is 4.36. The molecule has 3 nitrogen and oxygen atoms in total. The van der Waals surface area contributed by atoms with Crippen LogP contribution in [0.3, 0.4) is 0 Å². The van der Waals surface area contributed by atoms with E-state index >= 15 is 0 Å². The number of aromatic nitrogens is 2. The van der Waals surface area contributed by atoms with E-state index in [1.54, 1.807) is 0 Å². The maximum atomic E-state index is 4.36. The zero-order valence-electron chi connectivity index (χ0n) is 10.4. The summed E-state index contributed by atoms with van der Waals surface area (Å²) in [6.07, 6.45) is 6.51. The molecule has 0 unspecified atom stereocenters. The van der Waals surface area contributed by atoms with E-state index in [1.165, 1.54) is 29.9 Å². The molecule has 1 aromatic rings. The minimum Gasteiger partial charge on any atom is -0.313 e. The fourth-order valence-corrected chi connectivity index (χ4v) is 2.12. The quantitative estimate of drug-likeness (QED) is 0.674. The van der Waals surface area contributed by atoms with Gasteiger partial charge in [-0.15, -0.1) is 0 Å². The predicted molar refractivity (Wildman–Crippen MR) is 71.8 cm³/mol. The van der Waals surface area contributed by atoms with E-state index < -0.39 is 0 Å². The Labute approximate surface area is 103 Å². The Balaban J connectivity index is 2.17. The summed E-state index contributed by atoms with van der Waals surface area (Å²) >= 11 is 2.00. The maximum Gasteiger partial charge on any atom is 0.0534 e. The van der Waals surface area contributed by atoms with Crippen LogP contribution in [0.1, 0.15) is 32.3 Å². The average molecular weight is 241 g/mol. The first-order chi connectivity index (χ1) is 7.86. The monoisotopic (exact) mass is 241 g/mol. The van der Waals surface area contributed by atoms with Gasteiger partial charge in [-0.3, -0.25) is 4.68 Å². The molecule has 1 N–H and O–H groups in total. The summed E-state index contributed by atoms with van der Waals surface area (Å²) in [5, 5.41) is 7.74. The van der Waals surface area contributed by atoms with Crippen LogP contribution < -0.4 is 5.32 Å². The number of hydrogen-bond acceptors (Lipinski definition) is 3. The van der Waals surface area contributed by atoms with Gasteiger partial charge in [0.05, 0.1) is 6.20 Å². The number of nitrogens with zero attached hydrogens (tertiary/aromatic N) is 2. The van der Waals surface area contributed by atoms with Gasteiger partial charge in [-0.05, 0) is 30.9 Å². The fraction of sp³-hybridized carbons (Fsp3) is 0.750. The van der Waals surface area contributed by atoms with E-state index in [1.807, 2.05) is 18.0 Å². The lowest BCUT2D eigenvalue weighted by Gasteiger charge is -2.01. The van der Waals surface area contributed by atoms with Crippen molar-refractivity contribution in [3.8, 4) is 0 Å². The van der Waals surface area contributed by atoms with E-state index in [2.05, 4.69) is 35.1 Å². The third-order valence-electron chi connectivity index (χ3n) is 2.32. The Kier molecular flexibility index (Phi) is 7.34. The van der Waals surface area contributed by atoms with E-state index in [-0.39, 0.29) is 0 Å². The normalized spacial score (nSPS) is 10.9.